The fraction of sp³-hybridized carbons (Fsp3) is 0.455. The van der Waals surface area contributed by atoms with Crippen LogP contribution in [0.15, 0.2) is 22.7 Å². The molecule has 1 aromatic rings. The van der Waals surface area contributed by atoms with Gasteiger partial charge < -0.3 is 10.2 Å². The van der Waals surface area contributed by atoms with Gasteiger partial charge in [-0.05, 0) is 40.5 Å². The molecule has 0 aromatic heterocycles. The number of benzene rings is 1. The van der Waals surface area contributed by atoms with Gasteiger partial charge in [-0.15, -0.1) is 0 Å². The number of piperazine rings is 1. The van der Waals surface area contributed by atoms with E-state index in [9.17, 15) is 0 Å². The molecule has 0 unspecified atom stereocenters. The van der Waals surface area contributed by atoms with Crippen molar-refractivity contribution in [1.29, 1.82) is 0 Å². The maximum Gasteiger partial charge on any atom is 0.0511 e. The predicted molar refractivity (Wildman–Crippen MR) is 64.0 cm³/mol. The number of anilines is 1. The van der Waals surface area contributed by atoms with E-state index in [1.165, 1.54) is 15.7 Å². The first-order chi connectivity index (χ1) is 6.77. The summed E-state index contributed by atoms with van der Waals surface area (Å²) in [6.07, 6.45) is 0. The molecule has 0 saturated carbocycles. The van der Waals surface area contributed by atoms with Crippen LogP contribution in [0.4, 0.5) is 5.69 Å². The standard InChI is InChI=1S/C11H15BrN2/c1-9-2-3-11(10(12)8-9)14-6-4-13-5-7-14/h2-3,8,13H,4-7H2,1H3. The predicted octanol–water partition coefficient (Wildman–Crippen LogP) is 2.17. The molecule has 2 nitrogen and oxygen atoms in total. The van der Waals surface area contributed by atoms with Gasteiger partial charge in [0.25, 0.3) is 0 Å². The van der Waals surface area contributed by atoms with Crippen LogP contribution in [-0.2, 0) is 0 Å². The first-order valence-electron chi connectivity index (χ1n) is 4.99. The van der Waals surface area contributed by atoms with Gasteiger partial charge >= 0.3 is 0 Å². The third kappa shape index (κ3) is 2.10. The minimum atomic E-state index is 1.08. The second-order valence-electron chi connectivity index (χ2n) is 3.69. The molecule has 76 valence electrons. The van der Waals surface area contributed by atoms with Crippen LogP contribution in [0.3, 0.4) is 0 Å². The molecule has 1 heterocycles. The first kappa shape index (κ1) is 9.99. The summed E-state index contributed by atoms with van der Waals surface area (Å²) >= 11 is 3.62. The van der Waals surface area contributed by atoms with Crippen LogP contribution in [0.25, 0.3) is 0 Å². The highest BCUT2D eigenvalue weighted by atomic mass is 79.9. The molecular weight excluding hydrogens is 240 g/mol. The Morgan fingerprint density at radius 2 is 2.00 bits per heavy atom. The fourth-order valence-corrected chi connectivity index (χ4v) is 2.52. The lowest BCUT2D eigenvalue weighted by atomic mass is 10.2. The average Bonchev–Trinajstić information content (AvgIpc) is 2.19. The summed E-state index contributed by atoms with van der Waals surface area (Å²) in [5.74, 6) is 0. The molecule has 1 aromatic carbocycles. The quantitative estimate of drug-likeness (QED) is 0.827. The fourth-order valence-electron chi connectivity index (χ4n) is 1.77. The zero-order valence-electron chi connectivity index (χ0n) is 8.39. The number of hydrogen-bond donors (Lipinski definition) is 1. The molecule has 1 fully saturated rings. The van der Waals surface area contributed by atoms with E-state index < -0.39 is 0 Å². The highest BCUT2D eigenvalue weighted by Crippen LogP contribution is 2.27. The van der Waals surface area contributed by atoms with Crippen molar-refractivity contribution in [1.82, 2.24) is 5.32 Å². The summed E-state index contributed by atoms with van der Waals surface area (Å²) in [5, 5.41) is 3.36. The SMILES string of the molecule is Cc1ccc(N2CCNCC2)c(Br)c1. The average molecular weight is 255 g/mol. The lowest BCUT2D eigenvalue weighted by Gasteiger charge is -2.30. The molecule has 1 aliphatic rings. The van der Waals surface area contributed by atoms with Crippen molar-refractivity contribution < 1.29 is 0 Å². The van der Waals surface area contributed by atoms with E-state index >= 15 is 0 Å². The van der Waals surface area contributed by atoms with Crippen LogP contribution in [0, 0.1) is 6.92 Å². The van der Waals surface area contributed by atoms with Gasteiger partial charge in [0.2, 0.25) is 0 Å². The molecule has 1 aliphatic heterocycles. The highest BCUT2D eigenvalue weighted by Gasteiger charge is 2.12. The second-order valence-corrected chi connectivity index (χ2v) is 4.55. The van der Waals surface area contributed by atoms with Crippen LogP contribution < -0.4 is 10.2 Å². The Bertz CT molecular complexity index is 319. The van der Waals surface area contributed by atoms with Crippen molar-refractivity contribution in [2.75, 3.05) is 31.1 Å². The molecule has 0 aliphatic carbocycles. The van der Waals surface area contributed by atoms with E-state index in [-0.39, 0.29) is 0 Å². The smallest absolute Gasteiger partial charge is 0.0511 e. The molecule has 3 heteroatoms. The molecule has 0 radical (unpaired) electrons. The monoisotopic (exact) mass is 254 g/mol. The third-order valence-electron chi connectivity index (χ3n) is 2.56. The summed E-state index contributed by atoms with van der Waals surface area (Å²) in [4.78, 5) is 2.42. The highest BCUT2D eigenvalue weighted by molar-refractivity contribution is 9.10. The Morgan fingerprint density at radius 1 is 1.29 bits per heavy atom. The molecule has 1 saturated heterocycles. The van der Waals surface area contributed by atoms with Crippen LogP contribution >= 0.6 is 15.9 Å². The van der Waals surface area contributed by atoms with E-state index in [1.54, 1.807) is 0 Å². The van der Waals surface area contributed by atoms with Gasteiger partial charge in [-0.25, -0.2) is 0 Å². The molecule has 14 heavy (non-hydrogen) atoms. The maximum atomic E-state index is 3.62. The Morgan fingerprint density at radius 3 is 2.64 bits per heavy atom. The van der Waals surface area contributed by atoms with Gasteiger partial charge in [-0.3, -0.25) is 0 Å². The van der Waals surface area contributed by atoms with E-state index in [4.69, 9.17) is 0 Å². The van der Waals surface area contributed by atoms with Gasteiger partial charge in [0, 0.05) is 30.7 Å². The van der Waals surface area contributed by atoms with Crippen molar-refractivity contribution in [2.45, 2.75) is 6.92 Å². The first-order valence-corrected chi connectivity index (χ1v) is 5.78. The molecule has 0 bridgehead atoms. The van der Waals surface area contributed by atoms with Crippen molar-refractivity contribution in [2.24, 2.45) is 0 Å². The molecule has 2 rings (SSSR count). The maximum absolute atomic E-state index is 3.62. The lowest BCUT2D eigenvalue weighted by Crippen LogP contribution is -2.43. The lowest BCUT2D eigenvalue weighted by molar-refractivity contribution is 0.588. The zero-order valence-corrected chi connectivity index (χ0v) is 9.97. The summed E-state index contributed by atoms with van der Waals surface area (Å²) in [5.41, 5.74) is 2.62. The number of nitrogens with one attached hydrogen (secondary N) is 1. The van der Waals surface area contributed by atoms with Crippen LogP contribution in [0.1, 0.15) is 5.56 Å². The Labute approximate surface area is 93.4 Å². The third-order valence-corrected chi connectivity index (χ3v) is 3.20. The Kier molecular flexibility index (Phi) is 3.08. The molecule has 0 atom stereocenters. The minimum absolute atomic E-state index is 1.08. The molecule has 0 amide bonds. The van der Waals surface area contributed by atoms with Gasteiger partial charge in [-0.2, -0.15) is 0 Å². The van der Waals surface area contributed by atoms with Crippen molar-refractivity contribution in [3.8, 4) is 0 Å². The van der Waals surface area contributed by atoms with Crippen LogP contribution in [-0.4, -0.2) is 26.2 Å². The number of hydrogen-bond acceptors (Lipinski definition) is 2. The summed E-state index contributed by atoms with van der Waals surface area (Å²) < 4.78 is 1.21. The van der Waals surface area contributed by atoms with Gasteiger partial charge in [0.15, 0.2) is 0 Å². The zero-order chi connectivity index (χ0) is 9.97. The van der Waals surface area contributed by atoms with E-state index in [2.05, 4.69) is 51.3 Å². The number of aryl methyl sites for hydroxylation is 1. The number of rotatable bonds is 1. The van der Waals surface area contributed by atoms with Crippen molar-refractivity contribution >= 4 is 21.6 Å². The number of halogens is 1. The van der Waals surface area contributed by atoms with E-state index in [1.807, 2.05) is 0 Å². The Balaban J connectivity index is 2.22. The normalized spacial score (nSPS) is 17.1. The van der Waals surface area contributed by atoms with Gasteiger partial charge in [0.1, 0.15) is 0 Å². The summed E-state index contributed by atoms with van der Waals surface area (Å²) in [6, 6.07) is 6.55. The molecule has 0 spiro atoms. The minimum Gasteiger partial charge on any atom is -0.368 e. The van der Waals surface area contributed by atoms with E-state index in [0.29, 0.717) is 0 Å². The summed E-state index contributed by atoms with van der Waals surface area (Å²) in [6.45, 7) is 6.48. The topological polar surface area (TPSA) is 15.3 Å². The largest absolute Gasteiger partial charge is 0.368 e. The summed E-state index contributed by atoms with van der Waals surface area (Å²) in [7, 11) is 0. The van der Waals surface area contributed by atoms with Gasteiger partial charge in [0.05, 0.1) is 5.69 Å². The second kappa shape index (κ2) is 4.32. The van der Waals surface area contributed by atoms with Crippen LogP contribution in [0.5, 0.6) is 0 Å². The molecular formula is C11H15BrN2. The van der Waals surface area contributed by atoms with Crippen LogP contribution in [0.2, 0.25) is 0 Å². The molecule has 1 N–H and O–H groups in total. The van der Waals surface area contributed by atoms with E-state index in [0.717, 1.165) is 26.2 Å². The van der Waals surface area contributed by atoms with Gasteiger partial charge in [-0.1, -0.05) is 6.07 Å². The number of nitrogens with zero attached hydrogens (tertiary/aromatic N) is 1. The Hall–Kier alpha value is -0.540. The van der Waals surface area contributed by atoms with Crippen molar-refractivity contribution in [3.05, 3.63) is 28.2 Å². The van der Waals surface area contributed by atoms with Crippen molar-refractivity contribution in [3.63, 3.8) is 0 Å².